The van der Waals surface area contributed by atoms with E-state index in [1.165, 1.54) is 0 Å². The Kier molecular flexibility index (Phi) is 4.59. The van der Waals surface area contributed by atoms with Gasteiger partial charge in [-0.25, -0.2) is 17.2 Å². The lowest BCUT2D eigenvalue weighted by Crippen LogP contribution is -2.21. The van der Waals surface area contributed by atoms with Crippen LogP contribution in [0.3, 0.4) is 0 Å². The summed E-state index contributed by atoms with van der Waals surface area (Å²) in [6.45, 7) is 1.70. The van der Waals surface area contributed by atoms with E-state index >= 15 is 0 Å². The number of rotatable bonds is 5. The average molecular weight is 263 g/mol. The molecule has 0 aliphatic rings. The summed E-state index contributed by atoms with van der Waals surface area (Å²) in [6, 6.07) is 2.65. The van der Waals surface area contributed by atoms with Gasteiger partial charge in [-0.3, -0.25) is 0 Å². The highest BCUT2D eigenvalue weighted by Crippen LogP contribution is 2.14. The predicted octanol–water partition coefficient (Wildman–Crippen LogP) is 1.62. The van der Waals surface area contributed by atoms with Crippen molar-refractivity contribution in [1.82, 2.24) is 0 Å². The van der Waals surface area contributed by atoms with E-state index in [1.807, 2.05) is 0 Å². The van der Waals surface area contributed by atoms with Crippen LogP contribution in [-0.2, 0) is 15.6 Å². The van der Waals surface area contributed by atoms with Crippen molar-refractivity contribution in [3.8, 4) is 0 Å². The molecule has 6 heteroatoms. The van der Waals surface area contributed by atoms with Gasteiger partial charge in [-0.2, -0.15) is 0 Å². The van der Waals surface area contributed by atoms with E-state index in [2.05, 4.69) is 0 Å². The van der Waals surface area contributed by atoms with Crippen molar-refractivity contribution in [3.05, 3.63) is 35.4 Å². The number of nitrogens with two attached hydrogens (primary N) is 1. The summed E-state index contributed by atoms with van der Waals surface area (Å²) in [6.07, 6.45) is 0.325. The number of hydrogen-bond acceptors (Lipinski definition) is 3. The Hall–Kier alpha value is -1.01. The van der Waals surface area contributed by atoms with Crippen LogP contribution >= 0.6 is 0 Å². The Bertz CT molecular complexity index is 486. The third kappa shape index (κ3) is 4.79. The van der Waals surface area contributed by atoms with Crippen LogP contribution in [0.5, 0.6) is 0 Å². The molecule has 3 nitrogen and oxygen atoms in total. The summed E-state index contributed by atoms with van der Waals surface area (Å²) < 4.78 is 49.1. The summed E-state index contributed by atoms with van der Waals surface area (Å²) in [7, 11) is -3.41. The zero-order chi connectivity index (χ0) is 13.1. The minimum Gasteiger partial charge on any atom is -0.328 e. The molecule has 2 N–H and O–H groups in total. The SMILES string of the molecule is CC(N)CCS(=O)(=O)Cc1ccc(F)cc1F. The van der Waals surface area contributed by atoms with Gasteiger partial charge in [0.1, 0.15) is 11.6 Å². The van der Waals surface area contributed by atoms with Gasteiger partial charge in [0, 0.05) is 17.7 Å². The van der Waals surface area contributed by atoms with Gasteiger partial charge >= 0.3 is 0 Å². The lowest BCUT2D eigenvalue weighted by atomic mass is 10.2. The smallest absolute Gasteiger partial charge is 0.154 e. The normalized spacial score (nSPS) is 13.6. The second-order valence-corrected chi connectivity index (χ2v) is 6.28. The lowest BCUT2D eigenvalue weighted by molar-refractivity contribution is 0.567. The lowest BCUT2D eigenvalue weighted by Gasteiger charge is -2.07. The van der Waals surface area contributed by atoms with Gasteiger partial charge in [-0.1, -0.05) is 6.07 Å². The van der Waals surface area contributed by atoms with E-state index in [0.29, 0.717) is 12.5 Å². The molecule has 0 saturated carbocycles. The molecule has 0 aromatic heterocycles. The zero-order valence-electron chi connectivity index (χ0n) is 9.49. The van der Waals surface area contributed by atoms with Crippen LogP contribution in [-0.4, -0.2) is 20.2 Å². The van der Waals surface area contributed by atoms with Crippen molar-refractivity contribution in [2.75, 3.05) is 5.75 Å². The first-order valence-electron chi connectivity index (χ1n) is 5.20. The molecule has 0 radical (unpaired) electrons. The van der Waals surface area contributed by atoms with Crippen molar-refractivity contribution < 1.29 is 17.2 Å². The Morgan fingerprint density at radius 1 is 1.35 bits per heavy atom. The molecular formula is C11H15F2NO2S. The molecule has 96 valence electrons. The van der Waals surface area contributed by atoms with Crippen LogP contribution in [0.25, 0.3) is 0 Å². The van der Waals surface area contributed by atoms with E-state index in [0.717, 1.165) is 12.1 Å². The van der Waals surface area contributed by atoms with Crippen LogP contribution < -0.4 is 5.73 Å². The maximum Gasteiger partial charge on any atom is 0.154 e. The highest BCUT2D eigenvalue weighted by atomic mass is 32.2. The molecule has 1 unspecified atom stereocenters. The van der Waals surface area contributed by atoms with E-state index in [4.69, 9.17) is 5.73 Å². The molecule has 1 rings (SSSR count). The van der Waals surface area contributed by atoms with Gasteiger partial charge in [-0.15, -0.1) is 0 Å². The largest absolute Gasteiger partial charge is 0.328 e. The van der Waals surface area contributed by atoms with E-state index in [1.54, 1.807) is 6.92 Å². The molecule has 0 saturated heterocycles. The van der Waals surface area contributed by atoms with Crippen LogP contribution in [0.1, 0.15) is 18.9 Å². The van der Waals surface area contributed by atoms with Crippen LogP contribution in [0, 0.1) is 11.6 Å². The van der Waals surface area contributed by atoms with Crippen molar-refractivity contribution >= 4 is 9.84 Å². The molecular weight excluding hydrogens is 248 g/mol. The Morgan fingerprint density at radius 3 is 2.53 bits per heavy atom. The predicted molar refractivity (Wildman–Crippen MR) is 62.1 cm³/mol. The topological polar surface area (TPSA) is 60.2 Å². The first kappa shape index (κ1) is 14.1. The van der Waals surface area contributed by atoms with Crippen LogP contribution in [0.15, 0.2) is 18.2 Å². The quantitative estimate of drug-likeness (QED) is 0.878. The van der Waals surface area contributed by atoms with Crippen molar-refractivity contribution in [1.29, 1.82) is 0 Å². The third-order valence-corrected chi connectivity index (χ3v) is 3.88. The molecule has 0 fully saturated rings. The second kappa shape index (κ2) is 5.55. The molecule has 0 aliphatic heterocycles. The van der Waals surface area contributed by atoms with E-state index in [9.17, 15) is 17.2 Å². The summed E-state index contributed by atoms with van der Waals surface area (Å²) in [5.41, 5.74) is 5.44. The number of sulfone groups is 1. The first-order chi connectivity index (χ1) is 7.80. The van der Waals surface area contributed by atoms with Gasteiger partial charge in [0.15, 0.2) is 9.84 Å². The molecule has 1 aromatic rings. The van der Waals surface area contributed by atoms with E-state index in [-0.39, 0.29) is 17.4 Å². The molecule has 17 heavy (non-hydrogen) atoms. The van der Waals surface area contributed by atoms with Crippen LogP contribution in [0.4, 0.5) is 8.78 Å². The van der Waals surface area contributed by atoms with Gasteiger partial charge in [0.2, 0.25) is 0 Å². The minimum absolute atomic E-state index is 0.0175. The van der Waals surface area contributed by atoms with Gasteiger partial charge < -0.3 is 5.73 Å². The maximum atomic E-state index is 13.3. The molecule has 1 atom stereocenters. The van der Waals surface area contributed by atoms with Crippen molar-refractivity contribution in [2.45, 2.75) is 25.1 Å². The highest BCUT2D eigenvalue weighted by Gasteiger charge is 2.15. The Labute approximate surface area is 99.6 Å². The molecule has 0 bridgehead atoms. The average Bonchev–Trinajstić information content (AvgIpc) is 2.20. The summed E-state index contributed by atoms with van der Waals surface area (Å²) >= 11 is 0. The third-order valence-electron chi connectivity index (χ3n) is 2.27. The van der Waals surface area contributed by atoms with Crippen molar-refractivity contribution in [3.63, 3.8) is 0 Å². The number of halogens is 2. The fourth-order valence-electron chi connectivity index (χ4n) is 1.31. The van der Waals surface area contributed by atoms with E-state index < -0.39 is 27.2 Å². The maximum absolute atomic E-state index is 13.3. The fourth-order valence-corrected chi connectivity index (χ4v) is 2.90. The first-order valence-corrected chi connectivity index (χ1v) is 7.02. The Morgan fingerprint density at radius 2 is 2.00 bits per heavy atom. The zero-order valence-corrected chi connectivity index (χ0v) is 10.3. The fraction of sp³-hybridized carbons (Fsp3) is 0.455. The Balaban J connectivity index is 2.76. The molecule has 0 heterocycles. The number of hydrogen-bond donors (Lipinski definition) is 1. The van der Waals surface area contributed by atoms with Gasteiger partial charge in [-0.05, 0) is 19.4 Å². The molecule has 0 aliphatic carbocycles. The molecule has 1 aromatic carbocycles. The minimum atomic E-state index is -3.41. The summed E-state index contributed by atoms with van der Waals surface area (Å²) in [5, 5.41) is 0. The molecule has 0 amide bonds. The van der Waals surface area contributed by atoms with Crippen LogP contribution in [0.2, 0.25) is 0 Å². The second-order valence-electron chi connectivity index (χ2n) is 4.09. The summed E-state index contributed by atoms with van der Waals surface area (Å²) in [5.74, 6) is -2.08. The standard InChI is InChI=1S/C11H15F2NO2S/c1-8(14)4-5-17(15,16)7-9-2-3-10(12)6-11(9)13/h2-3,6,8H,4-5,7,14H2,1H3. The highest BCUT2D eigenvalue weighted by molar-refractivity contribution is 7.90. The van der Waals surface area contributed by atoms with Crippen molar-refractivity contribution in [2.24, 2.45) is 5.73 Å². The summed E-state index contributed by atoms with van der Waals surface area (Å²) in [4.78, 5) is 0. The van der Waals surface area contributed by atoms with Gasteiger partial charge in [0.05, 0.1) is 11.5 Å². The molecule has 0 spiro atoms. The number of benzene rings is 1. The van der Waals surface area contributed by atoms with Gasteiger partial charge in [0.25, 0.3) is 0 Å². The monoisotopic (exact) mass is 263 g/mol.